The van der Waals surface area contributed by atoms with Crippen molar-refractivity contribution in [2.24, 2.45) is 0 Å². The number of amides is 1. The number of carbonyl (C=O) groups is 1. The van der Waals surface area contributed by atoms with Gasteiger partial charge in [0.05, 0.1) is 13.2 Å². The van der Waals surface area contributed by atoms with E-state index in [2.05, 4.69) is 15.5 Å². The second-order valence-corrected chi connectivity index (χ2v) is 6.79. The molecule has 0 fully saturated rings. The van der Waals surface area contributed by atoms with Crippen LogP contribution in [0.1, 0.15) is 13.8 Å². The Morgan fingerprint density at radius 2 is 1.66 bits per heavy atom. The van der Waals surface area contributed by atoms with Crippen molar-refractivity contribution in [3.05, 3.63) is 60.7 Å². The minimum Gasteiger partial charge on any atom is -0.490 e. The molecule has 8 heteroatoms. The number of aromatic nitrogens is 2. The normalized spacial score (nSPS) is 10.7. The van der Waals surface area contributed by atoms with Crippen LogP contribution in [0.15, 0.2) is 65.1 Å². The Morgan fingerprint density at radius 1 is 0.875 bits per heavy atom. The quantitative estimate of drug-likeness (QED) is 0.408. The largest absolute Gasteiger partial charge is 0.490 e. The molecule has 1 aromatic heterocycles. The zero-order valence-corrected chi connectivity index (χ0v) is 17.8. The van der Waals surface area contributed by atoms with Crippen LogP contribution in [0.4, 0.5) is 6.01 Å². The average Bonchev–Trinajstić information content (AvgIpc) is 3.27. The van der Waals surface area contributed by atoms with E-state index in [0.29, 0.717) is 36.0 Å². The van der Waals surface area contributed by atoms with Crippen LogP contribution in [0.5, 0.6) is 17.2 Å². The van der Waals surface area contributed by atoms with Crippen LogP contribution in [0, 0.1) is 0 Å². The third kappa shape index (κ3) is 4.97. The van der Waals surface area contributed by atoms with Gasteiger partial charge in [0.25, 0.3) is 5.91 Å². The fraction of sp³-hybridized carbons (Fsp3) is 0.208. The molecule has 0 atom stereocenters. The van der Waals surface area contributed by atoms with Crippen LogP contribution < -0.4 is 19.5 Å². The van der Waals surface area contributed by atoms with E-state index < -0.39 is 5.91 Å². The van der Waals surface area contributed by atoms with E-state index in [-0.39, 0.29) is 18.5 Å². The Hall–Kier alpha value is -4.07. The maximum Gasteiger partial charge on any atom is 0.322 e. The highest BCUT2D eigenvalue weighted by atomic mass is 16.5. The summed E-state index contributed by atoms with van der Waals surface area (Å²) in [5.74, 6) is 1.66. The standard InChI is InChI=1S/C24H23N3O5/c1-3-29-20-12-10-18(14-21(20)30-4-2)23-26-27-24(32-23)25-22(28)15-31-19-11-9-16-7-5-6-8-17(16)13-19/h5-14H,3-4,15H2,1-2H3,(H,25,27,28). The monoisotopic (exact) mass is 433 g/mol. The number of ether oxygens (including phenoxy) is 3. The van der Waals surface area contributed by atoms with Gasteiger partial charge >= 0.3 is 6.01 Å². The van der Waals surface area contributed by atoms with E-state index >= 15 is 0 Å². The van der Waals surface area contributed by atoms with Gasteiger partial charge in [-0.05, 0) is 55.0 Å². The van der Waals surface area contributed by atoms with E-state index in [0.717, 1.165) is 10.8 Å². The highest BCUT2D eigenvalue weighted by Crippen LogP contribution is 2.32. The molecule has 0 bridgehead atoms. The maximum atomic E-state index is 12.3. The van der Waals surface area contributed by atoms with Gasteiger partial charge in [-0.15, -0.1) is 5.10 Å². The summed E-state index contributed by atoms with van der Waals surface area (Å²) in [6.07, 6.45) is 0. The van der Waals surface area contributed by atoms with Gasteiger partial charge in [0, 0.05) is 5.56 Å². The lowest BCUT2D eigenvalue weighted by molar-refractivity contribution is -0.118. The molecule has 4 aromatic rings. The Bertz CT molecular complexity index is 1220. The number of hydrogen-bond acceptors (Lipinski definition) is 7. The summed E-state index contributed by atoms with van der Waals surface area (Å²) in [5, 5.41) is 12.6. The molecule has 164 valence electrons. The number of hydrogen-bond donors (Lipinski definition) is 1. The third-order valence-electron chi connectivity index (χ3n) is 4.55. The molecule has 0 aliphatic rings. The van der Waals surface area contributed by atoms with Gasteiger partial charge < -0.3 is 18.6 Å². The zero-order chi connectivity index (χ0) is 22.3. The van der Waals surface area contributed by atoms with Gasteiger partial charge in [0.15, 0.2) is 18.1 Å². The fourth-order valence-electron chi connectivity index (χ4n) is 3.14. The summed E-state index contributed by atoms with van der Waals surface area (Å²) in [6, 6.07) is 18.9. The van der Waals surface area contributed by atoms with Crippen LogP contribution in [0.2, 0.25) is 0 Å². The Kier molecular flexibility index (Phi) is 6.50. The van der Waals surface area contributed by atoms with Crippen LogP contribution in [-0.4, -0.2) is 35.9 Å². The van der Waals surface area contributed by atoms with Gasteiger partial charge in [0.2, 0.25) is 5.89 Å². The molecule has 0 radical (unpaired) electrons. The zero-order valence-electron chi connectivity index (χ0n) is 17.8. The van der Waals surface area contributed by atoms with Crippen LogP contribution in [-0.2, 0) is 4.79 Å². The van der Waals surface area contributed by atoms with Crippen molar-refractivity contribution < 1.29 is 23.4 Å². The summed E-state index contributed by atoms with van der Waals surface area (Å²) < 4.78 is 22.3. The molecule has 0 aliphatic heterocycles. The van der Waals surface area contributed by atoms with Crippen LogP contribution in [0.25, 0.3) is 22.2 Å². The summed E-state index contributed by atoms with van der Waals surface area (Å²) in [7, 11) is 0. The number of anilines is 1. The van der Waals surface area contributed by atoms with E-state index in [9.17, 15) is 4.79 Å². The summed E-state index contributed by atoms with van der Waals surface area (Å²) >= 11 is 0. The summed E-state index contributed by atoms with van der Waals surface area (Å²) in [6.45, 7) is 4.62. The van der Waals surface area contributed by atoms with Crippen LogP contribution in [0.3, 0.4) is 0 Å². The van der Waals surface area contributed by atoms with Crippen molar-refractivity contribution in [2.45, 2.75) is 13.8 Å². The summed E-state index contributed by atoms with van der Waals surface area (Å²) in [5.41, 5.74) is 0.650. The Balaban J connectivity index is 1.39. The molecule has 1 amide bonds. The second-order valence-electron chi connectivity index (χ2n) is 6.79. The lowest BCUT2D eigenvalue weighted by atomic mass is 10.1. The van der Waals surface area contributed by atoms with E-state index in [1.807, 2.05) is 56.3 Å². The minimum atomic E-state index is -0.407. The average molecular weight is 433 g/mol. The Labute approximate surface area is 185 Å². The molecular weight excluding hydrogens is 410 g/mol. The molecule has 3 aromatic carbocycles. The molecule has 32 heavy (non-hydrogen) atoms. The molecule has 0 aliphatic carbocycles. The first kappa shape index (κ1) is 21.2. The molecule has 0 saturated heterocycles. The van der Waals surface area contributed by atoms with Gasteiger partial charge in [-0.3, -0.25) is 10.1 Å². The number of fused-ring (bicyclic) bond motifs is 1. The molecule has 0 saturated carbocycles. The fourth-order valence-corrected chi connectivity index (χ4v) is 3.14. The first-order valence-electron chi connectivity index (χ1n) is 10.3. The number of nitrogens with zero attached hydrogens (tertiary/aromatic N) is 2. The predicted molar refractivity (Wildman–Crippen MR) is 120 cm³/mol. The highest BCUT2D eigenvalue weighted by Gasteiger charge is 2.15. The van der Waals surface area contributed by atoms with Crippen molar-refractivity contribution in [1.82, 2.24) is 10.2 Å². The van der Waals surface area contributed by atoms with Gasteiger partial charge in [-0.25, -0.2) is 0 Å². The number of benzene rings is 3. The topological polar surface area (TPSA) is 95.7 Å². The van der Waals surface area contributed by atoms with Crippen molar-refractivity contribution in [3.63, 3.8) is 0 Å². The highest BCUT2D eigenvalue weighted by molar-refractivity contribution is 5.90. The number of carbonyl (C=O) groups excluding carboxylic acids is 1. The van der Waals surface area contributed by atoms with Crippen LogP contribution >= 0.6 is 0 Å². The van der Waals surface area contributed by atoms with Crippen molar-refractivity contribution in [3.8, 4) is 28.7 Å². The third-order valence-corrected chi connectivity index (χ3v) is 4.55. The SMILES string of the molecule is CCOc1ccc(-c2nnc(NC(=O)COc3ccc4ccccc4c3)o2)cc1OCC. The lowest BCUT2D eigenvalue weighted by Gasteiger charge is -2.11. The van der Waals surface area contributed by atoms with Crippen molar-refractivity contribution >= 4 is 22.7 Å². The lowest BCUT2D eigenvalue weighted by Crippen LogP contribution is -2.20. The molecule has 1 heterocycles. The number of nitrogens with one attached hydrogen (secondary N) is 1. The predicted octanol–water partition coefficient (Wildman–Crippen LogP) is 4.70. The second kappa shape index (κ2) is 9.82. The first-order chi connectivity index (χ1) is 15.7. The van der Waals surface area contributed by atoms with E-state index in [4.69, 9.17) is 18.6 Å². The summed E-state index contributed by atoms with van der Waals surface area (Å²) in [4.78, 5) is 12.3. The minimum absolute atomic E-state index is 0.0149. The molecule has 4 rings (SSSR count). The molecule has 0 spiro atoms. The van der Waals surface area contributed by atoms with Gasteiger partial charge in [0.1, 0.15) is 5.75 Å². The molecule has 0 unspecified atom stereocenters. The van der Waals surface area contributed by atoms with Gasteiger partial charge in [-0.2, -0.15) is 0 Å². The first-order valence-corrected chi connectivity index (χ1v) is 10.3. The van der Waals surface area contributed by atoms with Crippen molar-refractivity contribution in [1.29, 1.82) is 0 Å². The Morgan fingerprint density at radius 3 is 2.47 bits per heavy atom. The van der Waals surface area contributed by atoms with E-state index in [1.165, 1.54) is 0 Å². The van der Waals surface area contributed by atoms with Crippen molar-refractivity contribution in [2.75, 3.05) is 25.1 Å². The molecular formula is C24H23N3O5. The smallest absolute Gasteiger partial charge is 0.322 e. The maximum absolute atomic E-state index is 12.3. The van der Waals surface area contributed by atoms with Gasteiger partial charge in [-0.1, -0.05) is 35.4 Å². The number of rotatable bonds is 9. The van der Waals surface area contributed by atoms with E-state index in [1.54, 1.807) is 18.2 Å². The molecule has 8 nitrogen and oxygen atoms in total. The molecule has 1 N–H and O–H groups in total.